The van der Waals surface area contributed by atoms with Gasteiger partial charge in [0, 0.05) is 0 Å². The zero-order valence-corrected chi connectivity index (χ0v) is 5.18. The summed E-state index contributed by atoms with van der Waals surface area (Å²) in [6.45, 7) is 2.90. The number of aliphatic hydroxyl groups is 1. The van der Waals surface area contributed by atoms with Crippen LogP contribution in [0, 0.1) is 0 Å². The highest BCUT2D eigenvalue weighted by Gasteiger charge is 2.28. The summed E-state index contributed by atoms with van der Waals surface area (Å²) in [7, 11) is 10.2. The molecule has 0 bridgehead atoms. The average Bonchev–Trinajstić information content (AvgIpc) is 1.25. The molecule has 0 atom stereocenters. The zero-order valence-electron chi connectivity index (χ0n) is 5.18. The van der Waals surface area contributed by atoms with Crippen LogP contribution in [0.5, 0.6) is 0 Å². The molecule has 0 saturated heterocycles. The predicted molar refractivity (Wildman–Crippen MR) is 34.7 cm³/mol. The Labute approximate surface area is 52.3 Å². The van der Waals surface area contributed by atoms with E-state index in [1.54, 1.807) is 0 Å². The number of nitrogens with two attached hydrogens (primary N) is 1. The molecule has 0 aliphatic heterocycles. The topological polar surface area (TPSA) is 46.2 Å². The largest absolute Gasteiger partial charge is 0.390 e. The van der Waals surface area contributed by atoms with E-state index in [0.717, 1.165) is 0 Å². The van der Waals surface area contributed by atoms with Gasteiger partial charge in [-0.15, -0.1) is 0 Å². The predicted octanol–water partition coefficient (Wildman–Crippen LogP) is -1.29. The van der Waals surface area contributed by atoms with Gasteiger partial charge in [-0.1, -0.05) is 0 Å². The molecule has 2 nitrogen and oxygen atoms in total. The third kappa shape index (κ3) is 1.88. The normalized spacial score (nSPS) is 14.0. The maximum Gasteiger partial charge on any atom is 0.0855 e. The smallest absolute Gasteiger partial charge is 0.0855 e. The van der Waals surface area contributed by atoms with Crippen molar-refractivity contribution in [1.82, 2.24) is 0 Å². The molecule has 0 saturated carbocycles. The van der Waals surface area contributed by atoms with Gasteiger partial charge >= 0.3 is 0 Å². The maximum atomic E-state index is 8.98. The molecule has 0 amide bonds. The van der Waals surface area contributed by atoms with Crippen LogP contribution in [-0.2, 0) is 0 Å². The van der Waals surface area contributed by atoms with Crippen molar-refractivity contribution in [2.24, 2.45) is 5.73 Å². The van der Waals surface area contributed by atoms with Gasteiger partial charge in [0.15, 0.2) is 0 Å². The molecule has 0 aromatic carbocycles. The van der Waals surface area contributed by atoms with Crippen molar-refractivity contribution in [2.75, 3.05) is 0 Å². The van der Waals surface area contributed by atoms with E-state index in [-0.39, 0.29) is 0 Å². The SMILES string of the molecule is [B]C([B])(N)C(C)(C)O. The van der Waals surface area contributed by atoms with Gasteiger partial charge in [-0.2, -0.15) is 0 Å². The Morgan fingerprint density at radius 3 is 1.50 bits per heavy atom. The molecule has 0 fully saturated rings. The second kappa shape index (κ2) is 1.78. The van der Waals surface area contributed by atoms with Crippen LogP contribution in [0.1, 0.15) is 13.8 Å². The van der Waals surface area contributed by atoms with Crippen molar-refractivity contribution in [3.05, 3.63) is 0 Å². The highest BCUT2D eigenvalue weighted by Crippen LogP contribution is 2.10. The molecule has 0 rings (SSSR count). The van der Waals surface area contributed by atoms with Crippen LogP contribution in [0.4, 0.5) is 0 Å². The molecule has 0 aromatic heterocycles. The molecule has 0 heterocycles. The minimum Gasteiger partial charge on any atom is -0.390 e. The van der Waals surface area contributed by atoms with Gasteiger partial charge in [-0.05, 0) is 19.2 Å². The Morgan fingerprint density at radius 2 is 1.50 bits per heavy atom. The quantitative estimate of drug-likeness (QED) is 0.411. The Hall–Kier alpha value is 0.0499. The van der Waals surface area contributed by atoms with Crippen LogP contribution >= 0.6 is 0 Å². The van der Waals surface area contributed by atoms with Crippen LogP contribution in [-0.4, -0.2) is 31.7 Å². The number of rotatable bonds is 1. The van der Waals surface area contributed by atoms with Gasteiger partial charge in [0.1, 0.15) is 0 Å². The first kappa shape index (κ1) is 8.05. The van der Waals surface area contributed by atoms with Gasteiger partial charge in [0.2, 0.25) is 0 Å². The lowest BCUT2D eigenvalue weighted by Gasteiger charge is -2.34. The van der Waals surface area contributed by atoms with Crippen molar-refractivity contribution < 1.29 is 5.11 Å². The monoisotopic (exact) mass is 109 g/mol. The molecule has 4 radical (unpaired) electrons. The van der Waals surface area contributed by atoms with Crippen LogP contribution in [0.2, 0.25) is 0 Å². The molecular weight excluding hydrogens is 99.7 g/mol. The maximum absolute atomic E-state index is 8.98. The molecule has 0 unspecified atom stereocenters. The average molecular weight is 109 g/mol. The van der Waals surface area contributed by atoms with Crippen LogP contribution in [0.15, 0.2) is 0 Å². The van der Waals surface area contributed by atoms with Crippen LogP contribution < -0.4 is 5.73 Å². The van der Waals surface area contributed by atoms with Crippen molar-refractivity contribution in [3.8, 4) is 0 Å². The molecule has 0 spiro atoms. The summed E-state index contributed by atoms with van der Waals surface area (Å²) >= 11 is 0. The van der Waals surface area contributed by atoms with Crippen molar-refractivity contribution in [2.45, 2.75) is 24.8 Å². The van der Waals surface area contributed by atoms with E-state index in [1.165, 1.54) is 13.8 Å². The summed E-state index contributed by atoms with van der Waals surface area (Å²) in [5, 5.41) is 7.47. The van der Waals surface area contributed by atoms with E-state index in [2.05, 4.69) is 0 Å². The lowest BCUT2D eigenvalue weighted by Crippen LogP contribution is -2.58. The van der Waals surface area contributed by atoms with Gasteiger partial charge in [0.25, 0.3) is 0 Å². The third-order valence-corrected chi connectivity index (χ3v) is 1.06. The fourth-order valence-electron chi connectivity index (χ4n) is 0. The van der Waals surface area contributed by atoms with Crippen LogP contribution in [0.25, 0.3) is 0 Å². The molecule has 0 aliphatic carbocycles. The van der Waals surface area contributed by atoms with E-state index in [1.807, 2.05) is 0 Å². The van der Waals surface area contributed by atoms with Crippen molar-refractivity contribution >= 4 is 15.7 Å². The summed E-state index contributed by atoms with van der Waals surface area (Å²) in [6, 6.07) is 0. The summed E-state index contributed by atoms with van der Waals surface area (Å²) in [4.78, 5) is 0. The zero-order chi connectivity index (χ0) is 7.00. The molecule has 42 valence electrons. The summed E-state index contributed by atoms with van der Waals surface area (Å²) in [5.41, 5.74) is 3.89. The lowest BCUT2D eigenvalue weighted by atomic mass is 9.55. The molecule has 8 heavy (non-hydrogen) atoms. The Balaban J connectivity index is 4.02. The fraction of sp³-hybridized carbons (Fsp3) is 1.00. The first-order chi connectivity index (χ1) is 3.25. The standard InChI is InChI=1S/C4H9B2NO/c1-3(2,8)4(5,6)7/h8H,7H2,1-2H3. The highest BCUT2D eigenvalue weighted by atomic mass is 16.3. The Bertz CT molecular complexity index is 69.0. The van der Waals surface area contributed by atoms with E-state index >= 15 is 0 Å². The van der Waals surface area contributed by atoms with E-state index in [4.69, 9.17) is 26.5 Å². The fourth-order valence-corrected chi connectivity index (χ4v) is 0. The molecule has 4 heteroatoms. The summed E-state index contributed by atoms with van der Waals surface area (Å²) in [5.74, 6) is 0. The van der Waals surface area contributed by atoms with Crippen LogP contribution in [0.3, 0.4) is 0 Å². The first-order valence-corrected chi connectivity index (χ1v) is 2.34. The van der Waals surface area contributed by atoms with E-state index in [9.17, 15) is 0 Å². The number of hydrogen-bond donors (Lipinski definition) is 2. The minimum absolute atomic E-state index is 1.23. The van der Waals surface area contributed by atoms with Crippen molar-refractivity contribution in [1.29, 1.82) is 0 Å². The summed E-state index contributed by atoms with van der Waals surface area (Å²) in [6.07, 6.45) is 0. The Kier molecular flexibility index (Phi) is 1.79. The molecule has 0 aromatic rings. The van der Waals surface area contributed by atoms with Gasteiger partial charge in [0.05, 0.1) is 21.3 Å². The number of hydrogen-bond acceptors (Lipinski definition) is 2. The molecule has 0 aliphatic rings. The van der Waals surface area contributed by atoms with Crippen molar-refractivity contribution in [3.63, 3.8) is 0 Å². The summed E-state index contributed by atoms with van der Waals surface area (Å²) < 4.78 is 0. The highest BCUT2D eigenvalue weighted by molar-refractivity contribution is 6.40. The second-order valence-electron chi connectivity index (χ2n) is 2.49. The third-order valence-electron chi connectivity index (χ3n) is 1.06. The van der Waals surface area contributed by atoms with E-state index < -0.39 is 10.9 Å². The van der Waals surface area contributed by atoms with Gasteiger partial charge < -0.3 is 10.8 Å². The lowest BCUT2D eigenvalue weighted by molar-refractivity contribution is 0.0632. The van der Waals surface area contributed by atoms with Gasteiger partial charge in [-0.25, -0.2) is 0 Å². The molecular formula is C4H9B2NO. The minimum atomic E-state index is -1.51. The molecule has 3 N–H and O–H groups in total. The first-order valence-electron chi connectivity index (χ1n) is 2.34. The Morgan fingerprint density at radius 1 is 1.38 bits per heavy atom. The van der Waals surface area contributed by atoms with Gasteiger partial charge in [-0.3, -0.25) is 0 Å². The second-order valence-corrected chi connectivity index (χ2v) is 2.49. The van der Waals surface area contributed by atoms with E-state index in [0.29, 0.717) is 0 Å².